The van der Waals surface area contributed by atoms with Crippen LogP contribution >= 0.6 is 15.9 Å². The first-order chi connectivity index (χ1) is 13.8. The summed E-state index contributed by atoms with van der Waals surface area (Å²) in [4.78, 5) is 4.34. The molecule has 146 valence electrons. The number of hydrogen-bond donors (Lipinski definition) is 0. The molecule has 29 heavy (non-hydrogen) atoms. The zero-order valence-corrected chi connectivity index (χ0v) is 16.5. The molecule has 4 aromatic rings. The molecule has 0 amide bonds. The fraction of sp³-hybridized carbons (Fsp3) is 0.150. The Labute approximate surface area is 171 Å². The lowest BCUT2D eigenvalue weighted by Gasteiger charge is -2.11. The van der Waals surface area contributed by atoms with Crippen LogP contribution in [0.15, 0.2) is 51.6 Å². The van der Waals surface area contributed by atoms with Crippen LogP contribution in [0.2, 0.25) is 0 Å². The number of rotatable bonds is 3. The van der Waals surface area contributed by atoms with Crippen LogP contribution < -0.4 is 0 Å². The largest absolute Gasteiger partial charge is 0.418 e. The predicted octanol–water partition coefficient (Wildman–Crippen LogP) is 5.70. The Morgan fingerprint density at radius 2 is 2.00 bits per heavy atom. The van der Waals surface area contributed by atoms with E-state index in [1.165, 1.54) is 24.4 Å². The molecule has 0 bridgehead atoms. The second kappa shape index (κ2) is 7.04. The molecular formula is C20H12BrF3N4O. The summed E-state index contributed by atoms with van der Waals surface area (Å²) in [5.74, 6) is 0.645. The van der Waals surface area contributed by atoms with Gasteiger partial charge in [0, 0.05) is 27.1 Å². The SMILES string of the molecule is Cc1ccc(-c2nc(Cn3ccc4c(C(F)(F)F)c(C#N)ccc43)no2)cc1Br. The molecule has 0 aliphatic heterocycles. The lowest BCUT2D eigenvalue weighted by molar-refractivity contribution is -0.136. The Bertz CT molecular complexity index is 1270. The van der Waals surface area contributed by atoms with Crippen LogP contribution in [0, 0.1) is 18.3 Å². The smallest absolute Gasteiger partial charge is 0.340 e. The summed E-state index contributed by atoms with van der Waals surface area (Å²) >= 11 is 3.45. The highest BCUT2D eigenvalue weighted by Crippen LogP contribution is 2.37. The average molecular weight is 461 g/mol. The van der Waals surface area contributed by atoms with Crippen molar-refractivity contribution in [3.05, 3.63) is 69.6 Å². The van der Waals surface area contributed by atoms with Gasteiger partial charge in [-0.25, -0.2) is 0 Å². The number of benzene rings is 2. The van der Waals surface area contributed by atoms with Gasteiger partial charge in [0.05, 0.1) is 23.7 Å². The van der Waals surface area contributed by atoms with Gasteiger partial charge in [-0.2, -0.15) is 23.4 Å². The van der Waals surface area contributed by atoms with E-state index in [2.05, 4.69) is 26.1 Å². The van der Waals surface area contributed by atoms with Crippen LogP contribution in [-0.4, -0.2) is 14.7 Å². The van der Waals surface area contributed by atoms with E-state index < -0.39 is 17.3 Å². The standard InChI is InChI=1S/C20H12BrF3N4O/c1-11-2-3-12(8-15(11)21)19-26-17(27-29-19)10-28-7-6-14-16(28)5-4-13(9-25)18(14)20(22,23)24/h2-8H,10H2,1H3. The summed E-state index contributed by atoms with van der Waals surface area (Å²) in [6.45, 7) is 2.08. The van der Waals surface area contributed by atoms with Crippen molar-refractivity contribution in [2.45, 2.75) is 19.6 Å². The summed E-state index contributed by atoms with van der Waals surface area (Å²) in [6, 6.07) is 11.2. The van der Waals surface area contributed by atoms with Gasteiger partial charge in [0.1, 0.15) is 0 Å². The van der Waals surface area contributed by atoms with Crippen molar-refractivity contribution in [3.8, 4) is 17.5 Å². The fourth-order valence-electron chi connectivity index (χ4n) is 3.12. The highest BCUT2D eigenvalue weighted by atomic mass is 79.9. The fourth-order valence-corrected chi connectivity index (χ4v) is 3.50. The molecule has 0 N–H and O–H groups in total. The molecule has 0 saturated carbocycles. The molecule has 0 aliphatic rings. The molecule has 0 unspecified atom stereocenters. The van der Waals surface area contributed by atoms with Gasteiger partial charge in [-0.05, 0) is 42.8 Å². The zero-order chi connectivity index (χ0) is 20.8. The Balaban J connectivity index is 1.70. The minimum Gasteiger partial charge on any atom is -0.340 e. The van der Waals surface area contributed by atoms with Crippen molar-refractivity contribution < 1.29 is 17.7 Å². The van der Waals surface area contributed by atoms with Crippen LogP contribution in [0.4, 0.5) is 13.2 Å². The summed E-state index contributed by atoms with van der Waals surface area (Å²) in [6.07, 6.45) is -3.12. The molecular weight excluding hydrogens is 449 g/mol. The predicted molar refractivity (Wildman–Crippen MR) is 103 cm³/mol. The van der Waals surface area contributed by atoms with E-state index in [9.17, 15) is 13.2 Å². The quantitative estimate of drug-likeness (QED) is 0.393. The second-order valence-electron chi connectivity index (χ2n) is 6.45. The van der Waals surface area contributed by atoms with Gasteiger partial charge in [-0.15, -0.1) is 0 Å². The molecule has 0 radical (unpaired) electrons. The van der Waals surface area contributed by atoms with E-state index in [4.69, 9.17) is 9.78 Å². The maximum atomic E-state index is 13.4. The van der Waals surface area contributed by atoms with Gasteiger partial charge in [0.25, 0.3) is 5.89 Å². The normalized spacial score (nSPS) is 11.7. The van der Waals surface area contributed by atoms with Crippen molar-refractivity contribution in [2.24, 2.45) is 0 Å². The third kappa shape index (κ3) is 3.51. The van der Waals surface area contributed by atoms with Crippen molar-refractivity contribution in [2.75, 3.05) is 0 Å². The summed E-state index contributed by atoms with van der Waals surface area (Å²) in [5.41, 5.74) is 0.783. The molecule has 2 aromatic heterocycles. The molecule has 5 nitrogen and oxygen atoms in total. The van der Waals surface area contributed by atoms with Crippen molar-refractivity contribution in [1.29, 1.82) is 5.26 Å². The number of fused-ring (bicyclic) bond motifs is 1. The van der Waals surface area contributed by atoms with Crippen molar-refractivity contribution in [3.63, 3.8) is 0 Å². The third-order valence-electron chi connectivity index (χ3n) is 4.56. The van der Waals surface area contributed by atoms with E-state index in [0.717, 1.165) is 15.6 Å². The molecule has 9 heteroatoms. The first-order valence-corrected chi connectivity index (χ1v) is 9.25. The van der Waals surface area contributed by atoms with Crippen LogP contribution in [0.1, 0.15) is 22.5 Å². The molecule has 0 saturated heterocycles. The summed E-state index contributed by atoms with van der Waals surface area (Å²) in [5, 5.41) is 12.9. The molecule has 0 atom stereocenters. The van der Waals surface area contributed by atoms with Crippen LogP contribution in [0.3, 0.4) is 0 Å². The van der Waals surface area contributed by atoms with Gasteiger partial charge in [0.2, 0.25) is 0 Å². The van der Waals surface area contributed by atoms with Gasteiger partial charge in [-0.3, -0.25) is 0 Å². The number of nitrogens with zero attached hydrogens (tertiary/aromatic N) is 4. The Hall–Kier alpha value is -3.12. The maximum Gasteiger partial charge on any atom is 0.418 e. The highest BCUT2D eigenvalue weighted by Gasteiger charge is 2.36. The number of halogens is 4. The Kier molecular flexibility index (Phi) is 4.67. The van der Waals surface area contributed by atoms with Gasteiger partial charge in [-0.1, -0.05) is 27.2 Å². The van der Waals surface area contributed by atoms with Gasteiger partial charge >= 0.3 is 6.18 Å². The second-order valence-corrected chi connectivity index (χ2v) is 7.31. The average Bonchev–Trinajstić information content (AvgIpc) is 3.30. The first kappa shape index (κ1) is 19.2. The summed E-state index contributed by atoms with van der Waals surface area (Å²) < 4.78 is 48.1. The van der Waals surface area contributed by atoms with E-state index in [0.29, 0.717) is 17.2 Å². The van der Waals surface area contributed by atoms with E-state index in [1.807, 2.05) is 25.1 Å². The zero-order valence-electron chi connectivity index (χ0n) is 15.0. The van der Waals surface area contributed by atoms with E-state index in [1.54, 1.807) is 10.6 Å². The third-order valence-corrected chi connectivity index (χ3v) is 5.41. The minimum atomic E-state index is -4.63. The molecule has 0 aliphatic carbocycles. The number of alkyl halides is 3. The van der Waals surface area contributed by atoms with Gasteiger partial charge < -0.3 is 9.09 Å². The lowest BCUT2D eigenvalue weighted by atomic mass is 10.0. The van der Waals surface area contributed by atoms with Crippen LogP contribution in [0.25, 0.3) is 22.4 Å². The minimum absolute atomic E-state index is 0.0391. The molecule has 0 spiro atoms. The van der Waals surface area contributed by atoms with E-state index in [-0.39, 0.29) is 11.9 Å². The topological polar surface area (TPSA) is 67.6 Å². The first-order valence-electron chi connectivity index (χ1n) is 8.46. The number of aryl methyl sites for hydroxylation is 1. The Morgan fingerprint density at radius 3 is 2.69 bits per heavy atom. The molecule has 2 heterocycles. The van der Waals surface area contributed by atoms with Crippen molar-refractivity contribution >= 4 is 26.8 Å². The number of aromatic nitrogens is 3. The molecule has 2 aromatic carbocycles. The van der Waals surface area contributed by atoms with Crippen molar-refractivity contribution in [1.82, 2.24) is 14.7 Å². The Morgan fingerprint density at radius 1 is 1.21 bits per heavy atom. The monoisotopic (exact) mass is 460 g/mol. The molecule has 4 rings (SSSR count). The molecule has 0 fully saturated rings. The van der Waals surface area contributed by atoms with Gasteiger partial charge in [0.15, 0.2) is 5.82 Å². The van der Waals surface area contributed by atoms with Crippen LogP contribution in [-0.2, 0) is 12.7 Å². The summed E-state index contributed by atoms with van der Waals surface area (Å²) in [7, 11) is 0. The highest BCUT2D eigenvalue weighted by molar-refractivity contribution is 9.10. The maximum absolute atomic E-state index is 13.4. The lowest BCUT2D eigenvalue weighted by Crippen LogP contribution is -2.09. The number of hydrogen-bond acceptors (Lipinski definition) is 4. The van der Waals surface area contributed by atoms with Crippen LogP contribution in [0.5, 0.6) is 0 Å². The van der Waals surface area contributed by atoms with E-state index >= 15 is 0 Å². The number of nitriles is 1.